The molecule has 5 heterocycles. The normalized spacial score (nSPS) is 13.8. The first-order chi connectivity index (χ1) is 14.7. The van der Waals surface area contributed by atoms with Gasteiger partial charge in [-0.05, 0) is 31.0 Å². The molecule has 4 aromatic heterocycles. The molecular formula is C21H21N7O2. The van der Waals surface area contributed by atoms with Gasteiger partial charge in [-0.1, -0.05) is 5.21 Å². The molecule has 0 spiro atoms. The Labute approximate surface area is 172 Å². The number of rotatable bonds is 5. The number of hydrogen-bond acceptors (Lipinski definition) is 7. The van der Waals surface area contributed by atoms with Crippen LogP contribution < -0.4 is 4.90 Å². The van der Waals surface area contributed by atoms with Gasteiger partial charge in [-0.3, -0.25) is 4.98 Å². The molecule has 0 bridgehead atoms. The van der Waals surface area contributed by atoms with Gasteiger partial charge in [-0.25, -0.2) is 14.5 Å². The van der Waals surface area contributed by atoms with Gasteiger partial charge in [0.15, 0.2) is 0 Å². The van der Waals surface area contributed by atoms with Gasteiger partial charge in [0, 0.05) is 31.9 Å². The van der Waals surface area contributed by atoms with Crippen LogP contribution in [-0.2, 0) is 11.2 Å². The summed E-state index contributed by atoms with van der Waals surface area (Å²) in [6, 6.07) is 5.59. The lowest BCUT2D eigenvalue weighted by atomic mass is 10.2. The molecule has 0 amide bonds. The van der Waals surface area contributed by atoms with Crippen LogP contribution in [0.15, 0.2) is 49.2 Å². The highest BCUT2D eigenvalue weighted by Gasteiger charge is 2.14. The molecule has 1 saturated heterocycles. The minimum Gasteiger partial charge on any atom is -0.465 e. The molecule has 0 N–H and O–H groups in total. The zero-order chi connectivity index (χ0) is 20.5. The van der Waals surface area contributed by atoms with E-state index in [9.17, 15) is 4.79 Å². The minimum absolute atomic E-state index is 0.375. The molecule has 30 heavy (non-hydrogen) atoms. The lowest BCUT2D eigenvalue weighted by Crippen LogP contribution is -2.18. The van der Waals surface area contributed by atoms with Crippen LogP contribution in [0.25, 0.3) is 11.3 Å². The molecule has 9 heteroatoms. The lowest BCUT2D eigenvalue weighted by Gasteiger charge is -2.17. The highest BCUT2D eigenvalue weighted by atomic mass is 16.5. The SMILES string of the molecule is COC(=O)c1ccc2nc(Cc3cn(-c4cncc(N5CCCC5)c4)nn3)cn2c1. The van der Waals surface area contributed by atoms with Crippen LogP contribution in [0.4, 0.5) is 5.69 Å². The topological polar surface area (TPSA) is 90.4 Å². The van der Waals surface area contributed by atoms with Crippen molar-refractivity contribution >= 4 is 17.3 Å². The Morgan fingerprint density at radius 3 is 2.73 bits per heavy atom. The number of esters is 1. The summed E-state index contributed by atoms with van der Waals surface area (Å²) in [6.45, 7) is 2.14. The summed E-state index contributed by atoms with van der Waals surface area (Å²) in [4.78, 5) is 23.0. The summed E-state index contributed by atoms with van der Waals surface area (Å²) >= 11 is 0. The van der Waals surface area contributed by atoms with E-state index in [0.29, 0.717) is 12.0 Å². The van der Waals surface area contributed by atoms with E-state index >= 15 is 0 Å². The number of hydrogen-bond donors (Lipinski definition) is 0. The quantitative estimate of drug-likeness (QED) is 0.472. The fraction of sp³-hybridized carbons (Fsp3) is 0.286. The van der Waals surface area contributed by atoms with Crippen molar-refractivity contribution < 1.29 is 9.53 Å². The molecule has 0 radical (unpaired) electrons. The number of nitrogens with zero attached hydrogens (tertiary/aromatic N) is 7. The number of imidazole rings is 1. The monoisotopic (exact) mass is 403 g/mol. The van der Waals surface area contributed by atoms with Crippen molar-refractivity contribution in [2.75, 3.05) is 25.1 Å². The van der Waals surface area contributed by atoms with Crippen molar-refractivity contribution in [3.63, 3.8) is 0 Å². The first kappa shape index (κ1) is 18.3. The van der Waals surface area contributed by atoms with E-state index in [4.69, 9.17) is 4.74 Å². The maximum atomic E-state index is 11.7. The number of fused-ring (bicyclic) bond motifs is 1. The summed E-state index contributed by atoms with van der Waals surface area (Å²) in [6.07, 6.45) is 12.2. The van der Waals surface area contributed by atoms with Crippen molar-refractivity contribution in [3.8, 4) is 5.69 Å². The predicted molar refractivity (Wildman–Crippen MR) is 110 cm³/mol. The second-order valence-corrected chi connectivity index (χ2v) is 7.33. The third kappa shape index (κ3) is 3.49. The Hall–Kier alpha value is -3.75. The molecule has 0 atom stereocenters. The molecule has 4 aromatic rings. The number of methoxy groups -OCH3 is 1. The smallest absolute Gasteiger partial charge is 0.339 e. The van der Waals surface area contributed by atoms with Crippen LogP contribution in [0.5, 0.6) is 0 Å². The van der Waals surface area contributed by atoms with E-state index in [0.717, 1.165) is 41.5 Å². The second-order valence-electron chi connectivity index (χ2n) is 7.33. The number of ether oxygens (including phenoxy) is 1. The van der Waals surface area contributed by atoms with Crippen molar-refractivity contribution in [2.24, 2.45) is 0 Å². The number of anilines is 1. The highest BCUT2D eigenvalue weighted by Crippen LogP contribution is 2.21. The van der Waals surface area contributed by atoms with Crippen LogP contribution in [0, 0.1) is 0 Å². The zero-order valence-corrected chi connectivity index (χ0v) is 16.6. The Morgan fingerprint density at radius 2 is 1.90 bits per heavy atom. The molecule has 0 unspecified atom stereocenters. The molecule has 1 aliphatic rings. The second kappa shape index (κ2) is 7.58. The van der Waals surface area contributed by atoms with E-state index in [2.05, 4.69) is 31.2 Å². The lowest BCUT2D eigenvalue weighted by molar-refractivity contribution is 0.0600. The molecule has 152 valence electrons. The van der Waals surface area contributed by atoms with Gasteiger partial charge in [0.25, 0.3) is 0 Å². The number of carbonyl (C=O) groups is 1. The largest absolute Gasteiger partial charge is 0.465 e. The van der Waals surface area contributed by atoms with E-state index in [1.165, 1.54) is 20.0 Å². The summed E-state index contributed by atoms with van der Waals surface area (Å²) < 4.78 is 8.33. The van der Waals surface area contributed by atoms with Gasteiger partial charge in [0.2, 0.25) is 0 Å². The number of pyridine rings is 2. The fourth-order valence-corrected chi connectivity index (χ4v) is 3.75. The summed E-state index contributed by atoms with van der Waals surface area (Å²) in [5.41, 5.74) is 4.88. The molecule has 1 aliphatic heterocycles. The van der Waals surface area contributed by atoms with Gasteiger partial charge in [0.05, 0.1) is 54.0 Å². The standard InChI is InChI=1S/C21H21N7O2/c1-30-21(29)15-4-5-20-23-16(13-27(20)12-15)8-17-14-28(25-24-17)19-9-18(10-22-11-19)26-6-2-3-7-26/h4-5,9-14H,2-3,6-8H2,1H3. The Kier molecular flexibility index (Phi) is 4.62. The van der Waals surface area contributed by atoms with Crippen molar-refractivity contribution in [2.45, 2.75) is 19.3 Å². The average molecular weight is 403 g/mol. The van der Waals surface area contributed by atoms with Crippen LogP contribution in [0.3, 0.4) is 0 Å². The fourth-order valence-electron chi connectivity index (χ4n) is 3.75. The Bertz CT molecular complexity index is 1210. The van der Waals surface area contributed by atoms with Crippen molar-refractivity contribution in [3.05, 3.63) is 66.1 Å². The molecule has 1 fully saturated rings. The van der Waals surface area contributed by atoms with Gasteiger partial charge in [0.1, 0.15) is 5.65 Å². The molecule has 0 aliphatic carbocycles. The Balaban J connectivity index is 1.36. The van der Waals surface area contributed by atoms with Gasteiger partial charge >= 0.3 is 5.97 Å². The minimum atomic E-state index is -0.375. The van der Waals surface area contributed by atoms with Crippen LogP contribution in [0.2, 0.25) is 0 Å². The van der Waals surface area contributed by atoms with Crippen molar-refractivity contribution in [1.82, 2.24) is 29.4 Å². The van der Waals surface area contributed by atoms with E-state index < -0.39 is 0 Å². The first-order valence-corrected chi connectivity index (χ1v) is 9.87. The average Bonchev–Trinajstić information content (AvgIpc) is 3.53. The zero-order valence-electron chi connectivity index (χ0n) is 16.6. The van der Waals surface area contributed by atoms with E-state index in [1.807, 2.05) is 23.0 Å². The van der Waals surface area contributed by atoms with Crippen LogP contribution in [0.1, 0.15) is 34.6 Å². The highest BCUT2D eigenvalue weighted by molar-refractivity contribution is 5.89. The van der Waals surface area contributed by atoms with Crippen LogP contribution >= 0.6 is 0 Å². The molecule has 5 rings (SSSR count). The molecule has 0 aromatic carbocycles. The summed E-state index contributed by atoms with van der Waals surface area (Å²) in [5, 5.41) is 8.56. The third-order valence-corrected chi connectivity index (χ3v) is 5.27. The van der Waals surface area contributed by atoms with Gasteiger partial charge in [-0.15, -0.1) is 5.10 Å². The summed E-state index contributed by atoms with van der Waals surface area (Å²) in [7, 11) is 1.37. The molecule has 9 nitrogen and oxygen atoms in total. The summed E-state index contributed by atoms with van der Waals surface area (Å²) in [5.74, 6) is -0.375. The maximum absolute atomic E-state index is 11.7. The Morgan fingerprint density at radius 1 is 1.07 bits per heavy atom. The van der Waals surface area contributed by atoms with Gasteiger partial charge in [-0.2, -0.15) is 0 Å². The third-order valence-electron chi connectivity index (χ3n) is 5.27. The maximum Gasteiger partial charge on any atom is 0.339 e. The van der Waals surface area contributed by atoms with E-state index in [1.54, 1.807) is 29.2 Å². The van der Waals surface area contributed by atoms with E-state index in [-0.39, 0.29) is 5.97 Å². The number of carbonyl (C=O) groups excluding carboxylic acids is 1. The molecule has 0 saturated carbocycles. The predicted octanol–water partition coefficient (Wildman–Crippen LogP) is 2.29. The number of aromatic nitrogens is 6. The van der Waals surface area contributed by atoms with Crippen molar-refractivity contribution in [1.29, 1.82) is 0 Å². The first-order valence-electron chi connectivity index (χ1n) is 9.87. The molecular weight excluding hydrogens is 382 g/mol. The van der Waals surface area contributed by atoms with Gasteiger partial charge < -0.3 is 14.0 Å². The van der Waals surface area contributed by atoms with Crippen LogP contribution in [-0.4, -0.2) is 55.5 Å².